The van der Waals surface area contributed by atoms with Gasteiger partial charge in [0.25, 0.3) is 5.91 Å². The number of hydrogen-bond acceptors (Lipinski definition) is 4. The van der Waals surface area contributed by atoms with Crippen LogP contribution in [0, 0.1) is 24.1 Å². The van der Waals surface area contributed by atoms with Crippen LogP contribution in [-0.4, -0.2) is 12.5 Å². The molecule has 0 saturated carbocycles. The molecule has 7 heteroatoms. The maximum atomic E-state index is 13.1. The zero-order chi connectivity index (χ0) is 23.8. The van der Waals surface area contributed by atoms with Gasteiger partial charge in [0, 0.05) is 0 Å². The lowest BCUT2D eigenvalue weighted by Crippen LogP contribution is -2.14. The first-order valence-corrected chi connectivity index (χ1v) is 10.6. The van der Waals surface area contributed by atoms with Gasteiger partial charge in [-0.05, 0) is 66.9 Å². The van der Waals surface area contributed by atoms with Crippen LogP contribution >= 0.6 is 11.6 Å². The number of anilines is 1. The smallest absolute Gasteiger partial charge is 0.266 e. The van der Waals surface area contributed by atoms with Crippen LogP contribution in [0.4, 0.5) is 10.1 Å². The van der Waals surface area contributed by atoms with Crippen LogP contribution in [0.1, 0.15) is 23.6 Å². The molecule has 3 aromatic rings. The first-order valence-electron chi connectivity index (χ1n) is 10.2. The monoisotopic (exact) mass is 464 g/mol. The molecule has 0 atom stereocenters. The van der Waals surface area contributed by atoms with E-state index in [0.717, 1.165) is 11.1 Å². The highest BCUT2D eigenvalue weighted by Crippen LogP contribution is 2.31. The third-order valence-corrected chi connectivity index (χ3v) is 5.03. The summed E-state index contributed by atoms with van der Waals surface area (Å²) in [5, 5.41) is 12.6. The van der Waals surface area contributed by atoms with Crippen molar-refractivity contribution in [1.82, 2.24) is 0 Å². The molecule has 0 spiro atoms. The van der Waals surface area contributed by atoms with Gasteiger partial charge in [-0.15, -0.1) is 0 Å². The standard InChI is InChI=1S/C26H22ClFN2O3/c1-3-32-24-14-19(9-12-23(24)33-16-18-7-10-21(28)11-8-18)13-20(15-29)26(31)30-25-17(2)5-4-6-22(25)27/h4-14H,3,16H2,1-2H3,(H,30,31)/b20-13+. The Labute approximate surface area is 197 Å². The van der Waals surface area contributed by atoms with E-state index in [4.69, 9.17) is 21.1 Å². The summed E-state index contributed by atoms with van der Waals surface area (Å²) in [5.74, 6) is 0.0798. The number of nitrogens with one attached hydrogen (secondary N) is 1. The van der Waals surface area contributed by atoms with E-state index in [-0.39, 0.29) is 18.0 Å². The molecule has 168 valence electrons. The predicted octanol–water partition coefficient (Wildman–Crippen LogP) is 6.31. The zero-order valence-corrected chi connectivity index (χ0v) is 18.9. The molecule has 1 N–H and O–H groups in total. The molecule has 5 nitrogen and oxygen atoms in total. The van der Waals surface area contributed by atoms with E-state index < -0.39 is 5.91 Å². The van der Waals surface area contributed by atoms with E-state index in [1.165, 1.54) is 18.2 Å². The summed E-state index contributed by atoms with van der Waals surface area (Å²) in [6.07, 6.45) is 1.47. The number of aryl methyl sites for hydroxylation is 1. The molecule has 0 heterocycles. The number of nitrogens with zero attached hydrogens (tertiary/aromatic N) is 1. The van der Waals surface area contributed by atoms with Crippen molar-refractivity contribution in [3.63, 3.8) is 0 Å². The number of benzene rings is 3. The molecule has 3 rings (SSSR count). The topological polar surface area (TPSA) is 71.3 Å². The molecule has 0 aromatic heterocycles. The second-order valence-corrected chi connectivity index (χ2v) is 7.52. The normalized spacial score (nSPS) is 10.9. The maximum Gasteiger partial charge on any atom is 0.266 e. The van der Waals surface area contributed by atoms with E-state index in [0.29, 0.717) is 34.4 Å². The minimum Gasteiger partial charge on any atom is -0.490 e. The number of ether oxygens (including phenoxy) is 2. The average molecular weight is 465 g/mol. The minimum atomic E-state index is -0.566. The van der Waals surface area contributed by atoms with Gasteiger partial charge in [-0.1, -0.05) is 41.9 Å². The van der Waals surface area contributed by atoms with Crippen molar-refractivity contribution in [2.45, 2.75) is 20.5 Å². The lowest BCUT2D eigenvalue weighted by atomic mass is 10.1. The summed E-state index contributed by atoms with van der Waals surface area (Å²) >= 11 is 6.17. The van der Waals surface area contributed by atoms with Crippen molar-refractivity contribution < 1.29 is 18.7 Å². The number of carbonyl (C=O) groups excluding carboxylic acids is 1. The Bertz CT molecular complexity index is 1200. The van der Waals surface area contributed by atoms with Crippen LogP contribution < -0.4 is 14.8 Å². The number of carbonyl (C=O) groups is 1. The summed E-state index contributed by atoms with van der Waals surface area (Å²) in [4.78, 5) is 12.7. The average Bonchev–Trinajstić information content (AvgIpc) is 2.80. The molecule has 33 heavy (non-hydrogen) atoms. The van der Waals surface area contributed by atoms with Crippen LogP contribution in [0.2, 0.25) is 5.02 Å². The van der Waals surface area contributed by atoms with Crippen molar-refractivity contribution in [1.29, 1.82) is 5.26 Å². The fraction of sp³-hybridized carbons (Fsp3) is 0.154. The van der Waals surface area contributed by atoms with Gasteiger partial charge in [0.2, 0.25) is 0 Å². The van der Waals surface area contributed by atoms with Crippen molar-refractivity contribution >= 4 is 29.3 Å². The molecule has 0 bridgehead atoms. The SMILES string of the molecule is CCOc1cc(/C=C(\C#N)C(=O)Nc2c(C)cccc2Cl)ccc1OCc1ccc(F)cc1. The molecule has 1 amide bonds. The van der Waals surface area contributed by atoms with Crippen LogP contribution in [-0.2, 0) is 11.4 Å². The summed E-state index contributed by atoms with van der Waals surface area (Å²) < 4.78 is 24.6. The van der Waals surface area contributed by atoms with Crippen molar-refractivity contribution in [3.8, 4) is 17.6 Å². The fourth-order valence-electron chi connectivity index (χ4n) is 3.03. The lowest BCUT2D eigenvalue weighted by Gasteiger charge is -2.13. The van der Waals surface area contributed by atoms with Crippen LogP contribution in [0.15, 0.2) is 66.2 Å². The van der Waals surface area contributed by atoms with Crippen molar-refractivity contribution in [3.05, 3.63) is 93.8 Å². The molecule has 0 unspecified atom stereocenters. The quantitative estimate of drug-likeness (QED) is 0.313. The first-order chi connectivity index (χ1) is 15.9. The minimum absolute atomic E-state index is 0.0863. The lowest BCUT2D eigenvalue weighted by molar-refractivity contribution is -0.112. The van der Waals surface area contributed by atoms with Gasteiger partial charge in [0.1, 0.15) is 24.1 Å². The van der Waals surface area contributed by atoms with Crippen LogP contribution in [0.3, 0.4) is 0 Å². The molecule has 0 aliphatic carbocycles. The molecule has 0 fully saturated rings. The van der Waals surface area contributed by atoms with Crippen LogP contribution in [0.5, 0.6) is 11.5 Å². The number of nitriles is 1. The second kappa shape index (κ2) is 11.2. The van der Waals surface area contributed by atoms with E-state index in [2.05, 4.69) is 5.32 Å². The molecule has 0 aliphatic rings. The number of para-hydroxylation sites is 1. The number of halogens is 2. The van der Waals surface area contributed by atoms with E-state index >= 15 is 0 Å². The highest BCUT2D eigenvalue weighted by atomic mass is 35.5. The van der Waals surface area contributed by atoms with E-state index in [1.807, 2.05) is 26.0 Å². The van der Waals surface area contributed by atoms with Gasteiger partial charge in [-0.25, -0.2) is 4.39 Å². The first kappa shape index (κ1) is 23.8. The molecule has 0 saturated heterocycles. The number of rotatable bonds is 8. The Morgan fingerprint density at radius 3 is 2.55 bits per heavy atom. The van der Waals surface area contributed by atoms with Gasteiger partial charge < -0.3 is 14.8 Å². The van der Waals surface area contributed by atoms with Gasteiger partial charge in [0.05, 0.1) is 17.3 Å². The highest BCUT2D eigenvalue weighted by molar-refractivity contribution is 6.34. The van der Waals surface area contributed by atoms with Gasteiger partial charge in [0.15, 0.2) is 11.5 Å². The Hall–Kier alpha value is -3.82. The summed E-state index contributed by atoms with van der Waals surface area (Å²) in [6.45, 7) is 4.29. The molecule has 0 aliphatic heterocycles. The number of amides is 1. The Balaban J connectivity index is 1.80. The molecular formula is C26H22ClFN2O3. The van der Waals surface area contributed by atoms with Gasteiger partial charge in [-0.2, -0.15) is 5.26 Å². The summed E-state index contributed by atoms with van der Waals surface area (Å²) in [5.41, 5.74) is 2.56. The van der Waals surface area contributed by atoms with Gasteiger partial charge >= 0.3 is 0 Å². The Morgan fingerprint density at radius 1 is 1.12 bits per heavy atom. The van der Waals surface area contributed by atoms with Crippen molar-refractivity contribution in [2.24, 2.45) is 0 Å². The predicted molar refractivity (Wildman–Crippen MR) is 127 cm³/mol. The number of hydrogen-bond donors (Lipinski definition) is 1. The van der Waals surface area contributed by atoms with Crippen LogP contribution in [0.25, 0.3) is 6.08 Å². The largest absolute Gasteiger partial charge is 0.490 e. The van der Waals surface area contributed by atoms with Gasteiger partial charge in [-0.3, -0.25) is 4.79 Å². The maximum absolute atomic E-state index is 13.1. The molecule has 0 radical (unpaired) electrons. The summed E-state index contributed by atoms with van der Waals surface area (Å²) in [7, 11) is 0. The molecular weight excluding hydrogens is 443 g/mol. The third-order valence-electron chi connectivity index (χ3n) is 4.71. The molecule has 3 aromatic carbocycles. The van der Waals surface area contributed by atoms with E-state index in [1.54, 1.807) is 42.5 Å². The van der Waals surface area contributed by atoms with Crippen molar-refractivity contribution in [2.75, 3.05) is 11.9 Å². The third kappa shape index (κ3) is 6.34. The van der Waals surface area contributed by atoms with E-state index in [9.17, 15) is 14.4 Å². The second-order valence-electron chi connectivity index (χ2n) is 7.11. The fourth-order valence-corrected chi connectivity index (χ4v) is 3.30. The summed E-state index contributed by atoms with van der Waals surface area (Å²) in [6, 6.07) is 18.3. The zero-order valence-electron chi connectivity index (χ0n) is 18.2. The Kier molecular flexibility index (Phi) is 8.06. The Morgan fingerprint density at radius 2 is 1.88 bits per heavy atom. The highest BCUT2D eigenvalue weighted by Gasteiger charge is 2.14.